The third-order valence-corrected chi connectivity index (χ3v) is 10.5. The summed E-state index contributed by atoms with van der Waals surface area (Å²) in [4.78, 5) is 23.6. The normalized spacial score (nSPS) is 31.4. The maximum atomic E-state index is 15.4. The van der Waals surface area contributed by atoms with Crippen molar-refractivity contribution >= 4 is 36.4 Å². The molecular formula is C27H36BF2N6O3S. The van der Waals surface area contributed by atoms with E-state index < -0.39 is 45.0 Å². The van der Waals surface area contributed by atoms with Gasteiger partial charge in [-0.25, -0.2) is 0 Å². The number of likely N-dealkylation sites (tertiary alicyclic amines) is 1. The van der Waals surface area contributed by atoms with Crippen LogP contribution in [0.3, 0.4) is 0 Å². The van der Waals surface area contributed by atoms with Gasteiger partial charge in [0.05, 0.1) is 0 Å². The molecule has 3 heterocycles. The van der Waals surface area contributed by atoms with E-state index in [1.807, 2.05) is 0 Å². The predicted molar refractivity (Wildman–Crippen MR) is 153 cm³/mol. The van der Waals surface area contributed by atoms with Crippen LogP contribution in [-0.2, 0) is 16.1 Å². The number of hydrogen-bond acceptors (Lipinski definition) is 8. The first-order valence-electron chi connectivity index (χ1n) is 13.3. The first-order valence-corrected chi connectivity index (χ1v) is 14.4. The van der Waals surface area contributed by atoms with Crippen molar-refractivity contribution in [2.45, 2.75) is 49.0 Å². The van der Waals surface area contributed by atoms with E-state index in [4.69, 9.17) is 23.0 Å². The average molecular weight is 573 g/mol. The number of pyridine rings is 1. The van der Waals surface area contributed by atoms with Crippen molar-refractivity contribution in [2.75, 3.05) is 33.8 Å². The fourth-order valence-electron chi connectivity index (χ4n) is 6.13. The van der Waals surface area contributed by atoms with E-state index >= 15 is 4.39 Å². The monoisotopic (exact) mass is 573 g/mol. The molecule has 1 spiro atoms. The first kappa shape index (κ1) is 30.4. The van der Waals surface area contributed by atoms with Crippen LogP contribution in [0.25, 0.3) is 0 Å². The number of methoxy groups -OCH3 is 1. The van der Waals surface area contributed by atoms with Crippen molar-refractivity contribution in [3.05, 3.63) is 54.3 Å². The van der Waals surface area contributed by atoms with Crippen LogP contribution in [-0.4, -0.2) is 94.0 Å². The summed E-state index contributed by atoms with van der Waals surface area (Å²) in [5, 5.41) is 2.72. The van der Waals surface area contributed by atoms with Crippen molar-refractivity contribution < 1.29 is 22.9 Å². The van der Waals surface area contributed by atoms with Gasteiger partial charge in [-0.05, 0) is 0 Å². The number of nitrogens with two attached hydrogens (primary N) is 1. The van der Waals surface area contributed by atoms with E-state index in [-0.39, 0.29) is 24.2 Å². The quantitative estimate of drug-likeness (QED) is 0.249. The van der Waals surface area contributed by atoms with Gasteiger partial charge in [0, 0.05) is 0 Å². The van der Waals surface area contributed by atoms with Crippen LogP contribution >= 0.6 is 0 Å². The molecule has 1 aromatic heterocycles. The Balaban J connectivity index is 1.64. The summed E-state index contributed by atoms with van der Waals surface area (Å²) in [6.07, 6.45) is 6.61. The fraction of sp³-hybridized carbons (Fsp3) is 0.556. The maximum absolute atomic E-state index is 15.4. The summed E-state index contributed by atoms with van der Waals surface area (Å²) in [6.45, 7) is 7.52. The Morgan fingerprint density at radius 1 is 1.48 bits per heavy atom. The third-order valence-electron chi connectivity index (χ3n) is 8.47. The number of allylic oxidation sites excluding steroid dienone is 2. The van der Waals surface area contributed by atoms with Gasteiger partial charge in [-0.1, -0.05) is 0 Å². The number of aromatic nitrogens is 1. The van der Waals surface area contributed by atoms with Crippen molar-refractivity contribution in [3.8, 4) is 0 Å². The number of rotatable bonds is 10. The molecule has 1 amide bonds. The SMILES string of the molecule is [B]=C(F)C(C/C(=C\C)NC(=O)c1ccc(F)cn1)[C@@]1(C=C)N=C(N)N(C)[S+]([O-])[C@]12CCN(CC1CC(OC)C1)C2. The van der Waals surface area contributed by atoms with Gasteiger partial charge in [0.15, 0.2) is 0 Å². The molecule has 4 rings (SSSR count). The summed E-state index contributed by atoms with van der Waals surface area (Å²) in [7, 11) is 9.22. The van der Waals surface area contributed by atoms with Crippen LogP contribution in [0, 0.1) is 17.7 Å². The second-order valence-electron chi connectivity index (χ2n) is 10.7. The molecule has 13 heteroatoms. The second-order valence-corrected chi connectivity index (χ2v) is 12.5. The molecule has 3 N–H and O–H groups in total. The van der Waals surface area contributed by atoms with Gasteiger partial charge >= 0.3 is 238 Å². The third kappa shape index (κ3) is 5.48. The van der Waals surface area contributed by atoms with E-state index in [0.29, 0.717) is 31.1 Å². The Morgan fingerprint density at radius 3 is 2.77 bits per heavy atom. The Hall–Kier alpha value is -2.61. The minimum absolute atomic E-state index is 0.00907. The van der Waals surface area contributed by atoms with Crippen molar-refractivity contribution in [1.82, 2.24) is 19.5 Å². The van der Waals surface area contributed by atoms with E-state index in [1.54, 1.807) is 27.2 Å². The fourth-order valence-corrected chi connectivity index (χ4v) is 7.97. The number of halogens is 2. The van der Waals surface area contributed by atoms with Crippen molar-refractivity contribution in [3.63, 3.8) is 0 Å². The topological polar surface area (TPSA) is 119 Å². The van der Waals surface area contributed by atoms with Crippen LogP contribution in [0.15, 0.2) is 47.7 Å². The number of carbonyl (C=O) groups excluding carboxylic acids is 1. The molecule has 0 aromatic carbocycles. The van der Waals surface area contributed by atoms with E-state index in [1.165, 1.54) is 16.4 Å². The molecule has 4 atom stereocenters. The minimum atomic E-state index is -1.69. The number of amides is 1. The summed E-state index contributed by atoms with van der Waals surface area (Å²) in [5.74, 6) is -1.87. The summed E-state index contributed by atoms with van der Waals surface area (Å²) in [6, 6.07) is 2.38. The zero-order chi connectivity index (χ0) is 29.2. The zero-order valence-electron chi connectivity index (χ0n) is 23.1. The van der Waals surface area contributed by atoms with Crippen LogP contribution in [0.5, 0.6) is 0 Å². The molecule has 9 nitrogen and oxygen atoms in total. The van der Waals surface area contributed by atoms with Gasteiger partial charge in [0.2, 0.25) is 0 Å². The van der Waals surface area contributed by atoms with E-state index in [9.17, 15) is 13.7 Å². The molecular weight excluding hydrogens is 537 g/mol. The van der Waals surface area contributed by atoms with Crippen LogP contribution in [0.1, 0.15) is 43.1 Å². The Morgan fingerprint density at radius 2 is 2.20 bits per heavy atom. The van der Waals surface area contributed by atoms with Gasteiger partial charge in [0.1, 0.15) is 0 Å². The molecule has 3 aliphatic rings. The number of carbonyl (C=O) groups is 1. The Kier molecular flexibility index (Phi) is 9.18. The molecule has 1 saturated heterocycles. The summed E-state index contributed by atoms with van der Waals surface area (Å²) < 4.78 is 48.6. The van der Waals surface area contributed by atoms with Gasteiger partial charge in [0.25, 0.3) is 0 Å². The van der Waals surface area contributed by atoms with Crippen LogP contribution < -0.4 is 11.1 Å². The average Bonchev–Trinajstić information content (AvgIpc) is 3.35. The summed E-state index contributed by atoms with van der Waals surface area (Å²) >= 11 is -1.69. The van der Waals surface area contributed by atoms with E-state index in [0.717, 1.165) is 31.6 Å². The second kappa shape index (κ2) is 12.1. The number of nitrogens with zero attached hydrogens (tertiary/aromatic N) is 4. The molecule has 1 aliphatic carbocycles. The Labute approximate surface area is 238 Å². The van der Waals surface area contributed by atoms with Gasteiger partial charge in [-0.2, -0.15) is 0 Å². The molecule has 2 aliphatic heterocycles. The number of hydrogen-bond donors (Lipinski definition) is 2. The number of aliphatic imine (C=N–C) groups is 1. The number of ether oxygens (including phenoxy) is 1. The molecule has 1 radical (unpaired) electrons. The zero-order valence-corrected chi connectivity index (χ0v) is 23.9. The van der Waals surface area contributed by atoms with Crippen molar-refractivity contribution in [1.29, 1.82) is 0 Å². The number of nitrogens with one attached hydrogen (secondary N) is 1. The van der Waals surface area contributed by atoms with Crippen molar-refractivity contribution in [2.24, 2.45) is 22.6 Å². The van der Waals surface area contributed by atoms with Gasteiger partial charge in [-0.15, -0.1) is 0 Å². The van der Waals surface area contributed by atoms with Crippen LogP contribution in [0.4, 0.5) is 8.78 Å². The molecule has 1 aromatic rings. The Bertz CT molecular complexity index is 1200. The molecule has 215 valence electrons. The van der Waals surface area contributed by atoms with E-state index in [2.05, 4.69) is 21.8 Å². The predicted octanol–water partition coefficient (Wildman–Crippen LogP) is 1.85. The molecule has 2 fully saturated rings. The molecule has 1 saturated carbocycles. The molecule has 40 heavy (non-hydrogen) atoms. The van der Waals surface area contributed by atoms with Crippen LogP contribution in [0.2, 0.25) is 0 Å². The molecule has 0 bridgehead atoms. The summed E-state index contributed by atoms with van der Waals surface area (Å²) in [5.41, 5.74) is 4.15. The first-order chi connectivity index (χ1) is 19.0. The van der Waals surface area contributed by atoms with Gasteiger partial charge < -0.3 is 0 Å². The molecule has 2 unspecified atom stereocenters. The standard InChI is InChI=1S/C27H36BF2N6O3S/c1-5-19(33-24(37)22-8-7-18(29)14-32-22)13-21(23(28)30)27(6-2)26(40(38)35(3)25(31)34-27)9-10-36(16-26)15-17-11-20(12-17)39-4/h5-8,14,17,20-21H,2,9-13,15-16H2,1,3-4H3,(H2,31,34)(H,33,37)/b19-5+/t17?,20?,21?,26-,27+,40?/m0/s1. The number of guanidine groups is 1. The van der Waals surface area contributed by atoms with Gasteiger partial charge in [-0.3, -0.25) is 0 Å².